The van der Waals surface area contributed by atoms with Gasteiger partial charge in [0.15, 0.2) is 5.82 Å². The Balaban J connectivity index is 0.00000180. The predicted molar refractivity (Wildman–Crippen MR) is 104 cm³/mol. The summed E-state index contributed by atoms with van der Waals surface area (Å²) in [6.07, 6.45) is 10.1. The van der Waals surface area contributed by atoms with Gasteiger partial charge in [0.05, 0.1) is 0 Å². The Labute approximate surface area is 167 Å². The third kappa shape index (κ3) is 3.75. The lowest BCUT2D eigenvalue weighted by molar-refractivity contribution is -0.140. The number of halogens is 1. The molecule has 2 N–H and O–H groups in total. The molecule has 3 unspecified atom stereocenters. The molecule has 5 rings (SSSR count). The zero-order chi connectivity index (χ0) is 17.7. The van der Waals surface area contributed by atoms with Gasteiger partial charge >= 0.3 is 0 Å². The van der Waals surface area contributed by atoms with Crippen molar-refractivity contribution in [2.24, 2.45) is 23.5 Å². The van der Waals surface area contributed by atoms with Gasteiger partial charge in [-0.1, -0.05) is 11.6 Å². The maximum atomic E-state index is 13.2. The fraction of sp³-hybridized carbons (Fsp3) is 0.850. The zero-order valence-electron chi connectivity index (χ0n) is 15.9. The summed E-state index contributed by atoms with van der Waals surface area (Å²) in [5, 5.41) is 4.22. The van der Waals surface area contributed by atoms with Gasteiger partial charge < -0.3 is 15.2 Å². The van der Waals surface area contributed by atoms with E-state index in [2.05, 4.69) is 15.0 Å². The second-order valence-electron chi connectivity index (χ2n) is 9.09. The van der Waals surface area contributed by atoms with Gasteiger partial charge in [-0.05, 0) is 63.2 Å². The van der Waals surface area contributed by atoms with Crippen LogP contribution in [0.15, 0.2) is 4.52 Å². The van der Waals surface area contributed by atoms with Crippen LogP contribution in [0, 0.1) is 17.8 Å². The Morgan fingerprint density at radius 2 is 1.78 bits per heavy atom. The van der Waals surface area contributed by atoms with Gasteiger partial charge in [-0.15, -0.1) is 12.4 Å². The molecule has 0 radical (unpaired) electrons. The molecule has 2 heterocycles. The second-order valence-corrected chi connectivity index (χ2v) is 9.09. The van der Waals surface area contributed by atoms with Crippen molar-refractivity contribution in [3.8, 4) is 0 Å². The molecule has 0 aromatic carbocycles. The topological polar surface area (TPSA) is 85.3 Å². The van der Waals surface area contributed by atoms with Gasteiger partial charge in [0, 0.05) is 36.9 Å². The highest BCUT2D eigenvalue weighted by Gasteiger charge is 2.42. The molecule has 1 saturated heterocycles. The molecule has 1 aromatic rings. The van der Waals surface area contributed by atoms with E-state index in [0.717, 1.165) is 50.5 Å². The fourth-order valence-electron chi connectivity index (χ4n) is 5.55. The molecular formula is C20H31ClN4O2. The van der Waals surface area contributed by atoms with Crippen molar-refractivity contribution in [1.29, 1.82) is 0 Å². The Bertz CT molecular complexity index is 663. The van der Waals surface area contributed by atoms with E-state index < -0.39 is 0 Å². The van der Waals surface area contributed by atoms with Gasteiger partial charge in [-0.2, -0.15) is 4.98 Å². The average molecular weight is 395 g/mol. The number of nitrogens with zero attached hydrogens (tertiary/aromatic N) is 3. The number of hydrogen-bond acceptors (Lipinski definition) is 5. The third-order valence-corrected chi connectivity index (χ3v) is 7.24. The number of fused-ring (bicyclic) bond motifs is 2. The number of carbonyl (C=O) groups excluding carboxylic acids is 1. The number of aromatic nitrogens is 2. The van der Waals surface area contributed by atoms with Gasteiger partial charge in [0.1, 0.15) is 0 Å². The lowest BCUT2D eigenvalue weighted by Crippen LogP contribution is -2.51. The van der Waals surface area contributed by atoms with Crippen molar-refractivity contribution < 1.29 is 9.32 Å². The summed E-state index contributed by atoms with van der Waals surface area (Å²) in [5.41, 5.74) is 6.40. The predicted octanol–water partition coefficient (Wildman–Crippen LogP) is 3.23. The number of hydrogen-bond donors (Lipinski definition) is 1. The van der Waals surface area contributed by atoms with Gasteiger partial charge in [0.2, 0.25) is 11.8 Å². The van der Waals surface area contributed by atoms with E-state index in [1.54, 1.807) is 0 Å². The minimum atomic E-state index is 0. The van der Waals surface area contributed by atoms with Crippen molar-refractivity contribution in [3.63, 3.8) is 0 Å². The smallest absolute Gasteiger partial charge is 0.229 e. The lowest BCUT2D eigenvalue weighted by atomic mass is 9.65. The molecule has 1 aromatic heterocycles. The highest BCUT2D eigenvalue weighted by Crippen LogP contribution is 2.43. The highest BCUT2D eigenvalue weighted by atomic mass is 35.5. The minimum absolute atomic E-state index is 0. The second kappa shape index (κ2) is 7.70. The van der Waals surface area contributed by atoms with E-state index in [1.807, 2.05) is 0 Å². The maximum absolute atomic E-state index is 13.2. The first-order chi connectivity index (χ1) is 12.7. The maximum Gasteiger partial charge on any atom is 0.229 e. The summed E-state index contributed by atoms with van der Waals surface area (Å²) in [7, 11) is 0. The van der Waals surface area contributed by atoms with Crippen molar-refractivity contribution in [1.82, 2.24) is 15.0 Å². The number of carbonyl (C=O) groups is 1. The number of piperidine rings is 1. The molecule has 3 saturated carbocycles. The molecule has 0 spiro atoms. The van der Waals surface area contributed by atoms with Crippen molar-refractivity contribution in [2.75, 3.05) is 13.1 Å². The molecule has 4 aliphatic rings. The van der Waals surface area contributed by atoms with E-state index in [-0.39, 0.29) is 24.2 Å². The van der Waals surface area contributed by atoms with E-state index in [9.17, 15) is 4.79 Å². The number of likely N-dealkylation sites (tertiary alicyclic amines) is 1. The molecule has 150 valence electrons. The quantitative estimate of drug-likeness (QED) is 0.850. The Morgan fingerprint density at radius 1 is 1.04 bits per heavy atom. The van der Waals surface area contributed by atoms with Crippen LogP contribution in [0.1, 0.15) is 81.3 Å². The van der Waals surface area contributed by atoms with Crippen molar-refractivity contribution >= 4 is 18.3 Å². The average Bonchev–Trinajstić information content (AvgIpc) is 3.38. The molecule has 4 fully saturated rings. The number of nitrogens with two attached hydrogens (primary N) is 1. The minimum Gasteiger partial charge on any atom is -0.342 e. The monoisotopic (exact) mass is 394 g/mol. The summed E-state index contributed by atoms with van der Waals surface area (Å²) < 4.78 is 5.44. The van der Waals surface area contributed by atoms with Crippen LogP contribution in [0.4, 0.5) is 0 Å². The number of rotatable bonds is 3. The molecule has 6 nitrogen and oxygen atoms in total. The highest BCUT2D eigenvalue weighted by molar-refractivity contribution is 5.85. The molecule has 7 heteroatoms. The standard InChI is InChI=1S/C20H30N4O2.ClH/c21-17-13-3-1-4-14(17)10-16(9-13)20(25)24-8-2-5-15(11-24)18-22-19(26-23-18)12-6-7-12;/h12-17H,1-11,21H2;1H. The lowest BCUT2D eigenvalue weighted by Gasteiger charge is -2.45. The Hall–Kier alpha value is -1.14. The summed E-state index contributed by atoms with van der Waals surface area (Å²) in [4.78, 5) is 19.9. The largest absolute Gasteiger partial charge is 0.342 e. The first kappa shape index (κ1) is 19.2. The molecule has 3 aliphatic carbocycles. The van der Waals surface area contributed by atoms with Gasteiger partial charge in [0.25, 0.3) is 0 Å². The Morgan fingerprint density at radius 3 is 2.48 bits per heavy atom. The first-order valence-electron chi connectivity index (χ1n) is 10.6. The van der Waals surface area contributed by atoms with E-state index >= 15 is 0 Å². The van der Waals surface area contributed by atoms with Crippen molar-refractivity contribution in [3.05, 3.63) is 11.7 Å². The van der Waals surface area contributed by atoms with Crippen LogP contribution in [0.5, 0.6) is 0 Å². The van der Waals surface area contributed by atoms with E-state index in [4.69, 9.17) is 10.3 Å². The summed E-state index contributed by atoms with van der Waals surface area (Å²) in [5.74, 6) is 3.97. The molecule has 2 bridgehead atoms. The molecule has 1 amide bonds. The van der Waals surface area contributed by atoms with E-state index in [0.29, 0.717) is 29.7 Å². The normalized spacial score (nSPS) is 36.2. The zero-order valence-corrected chi connectivity index (χ0v) is 16.7. The van der Waals surface area contributed by atoms with Crippen LogP contribution >= 0.6 is 12.4 Å². The molecule has 27 heavy (non-hydrogen) atoms. The molecule has 3 atom stereocenters. The third-order valence-electron chi connectivity index (χ3n) is 7.24. The van der Waals surface area contributed by atoms with Crippen LogP contribution in [-0.4, -0.2) is 40.1 Å². The van der Waals surface area contributed by atoms with Crippen molar-refractivity contribution in [2.45, 2.75) is 75.7 Å². The number of amides is 1. The van der Waals surface area contributed by atoms with Gasteiger partial charge in [-0.3, -0.25) is 4.79 Å². The fourth-order valence-corrected chi connectivity index (χ4v) is 5.55. The Kier molecular flexibility index (Phi) is 5.48. The van der Waals surface area contributed by atoms with Crippen LogP contribution in [-0.2, 0) is 4.79 Å². The van der Waals surface area contributed by atoms with E-state index in [1.165, 1.54) is 32.1 Å². The summed E-state index contributed by atoms with van der Waals surface area (Å²) in [6, 6.07) is 0.321. The first-order valence-corrected chi connectivity index (χ1v) is 10.6. The van der Waals surface area contributed by atoms with Crippen LogP contribution in [0.2, 0.25) is 0 Å². The van der Waals surface area contributed by atoms with Crippen LogP contribution in [0.3, 0.4) is 0 Å². The molecular weight excluding hydrogens is 364 g/mol. The van der Waals surface area contributed by atoms with Gasteiger partial charge in [-0.25, -0.2) is 0 Å². The summed E-state index contributed by atoms with van der Waals surface area (Å²) in [6.45, 7) is 1.63. The molecule has 1 aliphatic heterocycles. The SMILES string of the molecule is Cl.NC1C2CCCC1CC(C(=O)N1CCCC(c3noc(C4CC4)n3)C1)C2. The summed E-state index contributed by atoms with van der Waals surface area (Å²) >= 11 is 0. The van der Waals surface area contributed by atoms with Crippen LogP contribution < -0.4 is 5.73 Å². The van der Waals surface area contributed by atoms with Crippen LogP contribution in [0.25, 0.3) is 0 Å².